The van der Waals surface area contributed by atoms with Crippen LogP contribution in [0.2, 0.25) is 0 Å². The monoisotopic (exact) mass is 271 g/mol. The van der Waals surface area contributed by atoms with Crippen molar-refractivity contribution >= 4 is 11.7 Å². The Labute approximate surface area is 117 Å². The minimum absolute atomic E-state index is 0.0228. The number of nitrogens with zero attached hydrogens (tertiary/aromatic N) is 1. The molecule has 0 fully saturated rings. The number of ketones is 1. The largest absolute Gasteiger partial charge is 0.380 e. The minimum Gasteiger partial charge on any atom is -0.380 e. The fourth-order valence-electron chi connectivity index (χ4n) is 2.98. The van der Waals surface area contributed by atoms with Crippen molar-refractivity contribution in [3.8, 4) is 0 Å². The third-order valence-corrected chi connectivity index (χ3v) is 4.02. The summed E-state index contributed by atoms with van der Waals surface area (Å²) < 4.78 is 0. The molecule has 3 rings (SSSR count). The number of amides is 1. The fourth-order valence-corrected chi connectivity index (χ4v) is 2.98. The summed E-state index contributed by atoms with van der Waals surface area (Å²) in [4.78, 5) is 27.5. The second-order valence-electron chi connectivity index (χ2n) is 5.34. The van der Waals surface area contributed by atoms with Crippen LogP contribution in [0.1, 0.15) is 42.4 Å². The Morgan fingerprint density at radius 2 is 2.25 bits per heavy atom. The maximum absolute atomic E-state index is 12.0. The first kappa shape index (κ1) is 12.8. The SMILES string of the molecule is CC(=O)c1cc(C2NC3=C(C(=O)NCC3)C2C)ccn1. The second-order valence-corrected chi connectivity index (χ2v) is 5.34. The van der Waals surface area contributed by atoms with Gasteiger partial charge in [0, 0.05) is 43.3 Å². The molecule has 2 unspecified atom stereocenters. The lowest BCUT2D eigenvalue weighted by molar-refractivity contribution is -0.118. The summed E-state index contributed by atoms with van der Waals surface area (Å²) in [7, 11) is 0. The molecule has 104 valence electrons. The third-order valence-electron chi connectivity index (χ3n) is 4.02. The summed E-state index contributed by atoms with van der Waals surface area (Å²) in [5.74, 6) is 0.0649. The zero-order valence-electron chi connectivity index (χ0n) is 11.6. The Bertz CT molecular complexity index is 621. The maximum atomic E-state index is 12.0. The molecule has 1 aromatic rings. The number of hydrogen-bond acceptors (Lipinski definition) is 4. The summed E-state index contributed by atoms with van der Waals surface area (Å²) in [5.41, 5.74) is 3.35. The van der Waals surface area contributed by atoms with Gasteiger partial charge in [-0.1, -0.05) is 6.92 Å². The summed E-state index contributed by atoms with van der Waals surface area (Å²) in [6.07, 6.45) is 2.49. The Balaban J connectivity index is 1.92. The van der Waals surface area contributed by atoms with Gasteiger partial charge in [0.25, 0.3) is 0 Å². The maximum Gasteiger partial charge on any atom is 0.249 e. The summed E-state index contributed by atoms with van der Waals surface area (Å²) in [6.45, 7) is 4.23. The van der Waals surface area contributed by atoms with Crippen LogP contribution in [0.3, 0.4) is 0 Å². The van der Waals surface area contributed by atoms with Crippen LogP contribution >= 0.6 is 0 Å². The van der Waals surface area contributed by atoms with Crippen LogP contribution in [0.4, 0.5) is 0 Å². The van der Waals surface area contributed by atoms with E-state index in [0.717, 1.165) is 23.3 Å². The van der Waals surface area contributed by atoms with Gasteiger partial charge in [0.2, 0.25) is 5.91 Å². The standard InChI is InChI=1S/C15H17N3O2/c1-8-13-11(4-6-17-15(13)20)18-14(8)10-3-5-16-12(7-10)9(2)19/h3,5,7-8,14,18H,4,6H2,1-2H3,(H,17,20). The van der Waals surface area contributed by atoms with Gasteiger partial charge in [-0.15, -0.1) is 0 Å². The predicted molar refractivity (Wildman–Crippen MR) is 73.9 cm³/mol. The van der Waals surface area contributed by atoms with Gasteiger partial charge < -0.3 is 10.6 Å². The van der Waals surface area contributed by atoms with Crippen molar-refractivity contribution in [1.29, 1.82) is 0 Å². The Morgan fingerprint density at radius 1 is 1.45 bits per heavy atom. The molecule has 5 nitrogen and oxygen atoms in total. The molecule has 0 radical (unpaired) electrons. The minimum atomic E-state index is -0.0482. The molecule has 0 aromatic carbocycles. The molecule has 3 heterocycles. The van der Waals surface area contributed by atoms with Crippen molar-refractivity contribution < 1.29 is 9.59 Å². The smallest absolute Gasteiger partial charge is 0.249 e. The molecular formula is C15H17N3O2. The van der Waals surface area contributed by atoms with E-state index in [1.165, 1.54) is 6.92 Å². The van der Waals surface area contributed by atoms with Crippen molar-refractivity contribution in [1.82, 2.24) is 15.6 Å². The first-order valence-corrected chi connectivity index (χ1v) is 6.82. The molecule has 0 saturated carbocycles. The lowest BCUT2D eigenvalue weighted by Gasteiger charge is -2.18. The normalized spacial score (nSPS) is 25.0. The highest BCUT2D eigenvalue weighted by molar-refractivity contribution is 5.96. The molecule has 0 saturated heterocycles. The van der Waals surface area contributed by atoms with E-state index in [1.54, 1.807) is 6.20 Å². The Morgan fingerprint density at radius 3 is 2.95 bits per heavy atom. The number of carbonyl (C=O) groups excluding carboxylic acids is 2. The number of Topliss-reactive ketones (excluding diaryl/α,β-unsaturated/α-hetero) is 1. The van der Waals surface area contributed by atoms with Crippen molar-refractivity contribution in [3.63, 3.8) is 0 Å². The zero-order valence-corrected chi connectivity index (χ0v) is 11.6. The van der Waals surface area contributed by atoms with Gasteiger partial charge in [-0.05, 0) is 17.7 Å². The Kier molecular flexibility index (Phi) is 3.04. The number of hydrogen-bond donors (Lipinski definition) is 2. The average molecular weight is 271 g/mol. The van der Waals surface area contributed by atoms with Crippen LogP contribution in [0.15, 0.2) is 29.6 Å². The number of aromatic nitrogens is 1. The number of carbonyl (C=O) groups is 2. The average Bonchev–Trinajstić information content (AvgIpc) is 2.77. The molecule has 0 aliphatic carbocycles. The van der Waals surface area contributed by atoms with Gasteiger partial charge in [-0.25, -0.2) is 0 Å². The quantitative estimate of drug-likeness (QED) is 0.796. The molecule has 0 bridgehead atoms. The number of pyridine rings is 1. The molecule has 2 aliphatic heterocycles. The van der Waals surface area contributed by atoms with E-state index < -0.39 is 0 Å². The van der Waals surface area contributed by atoms with E-state index in [2.05, 4.69) is 15.6 Å². The van der Waals surface area contributed by atoms with Crippen LogP contribution in [0.25, 0.3) is 0 Å². The van der Waals surface area contributed by atoms with E-state index in [0.29, 0.717) is 12.2 Å². The first-order chi connectivity index (χ1) is 9.58. The fraction of sp³-hybridized carbons (Fsp3) is 0.400. The molecule has 1 aromatic heterocycles. The summed E-state index contributed by atoms with van der Waals surface area (Å²) in [5, 5.41) is 6.32. The highest BCUT2D eigenvalue weighted by Gasteiger charge is 2.37. The zero-order chi connectivity index (χ0) is 14.3. The Hall–Kier alpha value is -2.17. The van der Waals surface area contributed by atoms with E-state index >= 15 is 0 Å². The molecular weight excluding hydrogens is 254 g/mol. The van der Waals surface area contributed by atoms with Crippen molar-refractivity contribution in [3.05, 3.63) is 40.9 Å². The van der Waals surface area contributed by atoms with Crippen molar-refractivity contribution in [2.24, 2.45) is 5.92 Å². The molecule has 20 heavy (non-hydrogen) atoms. The lowest BCUT2D eigenvalue weighted by atomic mass is 9.90. The molecule has 0 spiro atoms. The van der Waals surface area contributed by atoms with Crippen molar-refractivity contribution in [2.45, 2.75) is 26.3 Å². The van der Waals surface area contributed by atoms with Gasteiger partial charge >= 0.3 is 0 Å². The highest BCUT2D eigenvalue weighted by atomic mass is 16.1. The van der Waals surface area contributed by atoms with E-state index in [1.807, 2.05) is 19.1 Å². The molecule has 2 N–H and O–H groups in total. The van der Waals surface area contributed by atoms with Gasteiger partial charge in [0.05, 0.1) is 6.04 Å². The van der Waals surface area contributed by atoms with Gasteiger partial charge in [-0.2, -0.15) is 0 Å². The van der Waals surface area contributed by atoms with Gasteiger partial charge in [0.15, 0.2) is 5.78 Å². The number of nitrogens with one attached hydrogen (secondary N) is 2. The second kappa shape index (κ2) is 4.74. The predicted octanol–water partition coefficient (Wildman–Crippen LogP) is 1.34. The van der Waals surface area contributed by atoms with Crippen LogP contribution in [-0.4, -0.2) is 23.2 Å². The summed E-state index contributed by atoms with van der Waals surface area (Å²) in [6, 6.07) is 3.74. The van der Waals surface area contributed by atoms with Crippen LogP contribution in [0.5, 0.6) is 0 Å². The van der Waals surface area contributed by atoms with Crippen molar-refractivity contribution in [2.75, 3.05) is 6.54 Å². The number of rotatable bonds is 2. The summed E-state index contributed by atoms with van der Waals surface area (Å²) >= 11 is 0. The van der Waals surface area contributed by atoms with Crippen LogP contribution in [-0.2, 0) is 4.79 Å². The lowest BCUT2D eigenvalue weighted by Crippen LogP contribution is -2.32. The van der Waals surface area contributed by atoms with Gasteiger partial charge in [-0.3, -0.25) is 14.6 Å². The molecule has 2 aliphatic rings. The first-order valence-electron chi connectivity index (χ1n) is 6.82. The van der Waals surface area contributed by atoms with E-state index in [4.69, 9.17) is 0 Å². The highest BCUT2D eigenvalue weighted by Crippen LogP contribution is 2.38. The van der Waals surface area contributed by atoms with Gasteiger partial charge in [0.1, 0.15) is 5.69 Å². The van der Waals surface area contributed by atoms with E-state index in [-0.39, 0.29) is 23.7 Å². The topological polar surface area (TPSA) is 71.1 Å². The third kappa shape index (κ3) is 1.99. The molecule has 5 heteroatoms. The van der Waals surface area contributed by atoms with Crippen LogP contribution in [0, 0.1) is 5.92 Å². The van der Waals surface area contributed by atoms with E-state index in [9.17, 15) is 9.59 Å². The molecule has 1 amide bonds. The van der Waals surface area contributed by atoms with Crippen LogP contribution < -0.4 is 10.6 Å². The molecule has 2 atom stereocenters.